The summed E-state index contributed by atoms with van der Waals surface area (Å²) in [6, 6.07) is 7.44. The third-order valence-electron chi connectivity index (χ3n) is 1.91. The van der Waals surface area contributed by atoms with Crippen molar-refractivity contribution >= 4 is 17.6 Å². The molecule has 3 nitrogen and oxygen atoms in total. The Bertz CT molecular complexity index is 339. The van der Waals surface area contributed by atoms with Gasteiger partial charge in [-0.25, -0.2) is 0 Å². The van der Waals surface area contributed by atoms with E-state index in [1.165, 1.54) is 0 Å². The van der Waals surface area contributed by atoms with Crippen LogP contribution >= 0.6 is 11.6 Å². The normalized spacial score (nSPS) is 10.1. The largest absolute Gasteiger partial charge is 0.466 e. The molecule has 0 bridgehead atoms. The first kappa shape index (κ1) is 13.0. The highest BCUT2D eigenvalue weighted by atomic mass is 35.5. The number of rotatable bonds is 6. The first-order chi connectivity index (χ1) is 7.72. The summed E-state index contributed by atoms with van der Waals surface area (Å²) in [6.07, 6.45) is 0.286. The predicted octanol–water partition coefficient (Wildman–Crippen LogP) is 2.81. The lowest BCUT2D eigenvalue weighted by Crippen LogP contribution is -2.08. The average Bonchev–Trinajstić information content (AvgIpc) is 2.25. The number of carbonyl (C=O) groups is 1. The molecule has 0 aromatic heterocycles. The van der Waals surface area contributed by atoms with Gasteiger partial charge in [-0.15, -0.1) is 0 Å². The van der Waals surface area contributed by atoms with Gasteiger partial charge in [0, 0.05) is 5.02 Å². The fourth-order valence-corrected chi connectivity index (χ4v) is 1.42. The van der Waals surface area contributed by atoms with Gasteiger partial charge < -0.3 is 9.47 Å². The Hall–Kier alpha value is -1.06. The van der Waals surface area contributed by atoms with E-state index in [1.54, 1.807) is 6.92 Å². The van der Waals surface area contributed by atoms with Crippen LogP contribution in [0.1, 0.15) is 18.9 Å². The number of hydrogen-bond acceptors (Lipinski definition) is 3. The molecule has 0 radical (unpaired) electrons. The minimum absolute atomic E-state index is 0.228. The summed E-state index contributed by atoms with van der Waals surface area (Å²) in [5, 5.41) is 0.687. The Morgan fingerprint density at radius 1 is 1.44 bits per heavy atom. The molecule has 0 N–H and O–H groups in total. The Morgan fingerprint density at radius 3 is 2.94 bits per heavy atom. The lowest BCUT2D eigenvalue weighted by molar-refractivity contribution is -0.144. The quantitative estimate of drug-likeness (QED) is 0.568. The van der Waals surface area contributed by atoms with Crippen LogP contribution in [0.4, 0.5) is 0 Å². The minimum Gasteiger partial charge on any atom is -0.466 e. The molecule has 0 saturated heterocycles. The zero-order valence-corrected chi connectivity index (χ0v) is 10.00. The molecule has 1 aromatic rings. The molecule has 0 aliphatic rings. The smallest absolute Gasteiger partial charge is 0.308 e. The van der Waals surface area contributed by atoms with Gasteiger partial charge in [0.05, 0.1) is 26.2 Å². The van der Waals surface area contributed by atoms with Gasteiger partial charge in [-0.1, -0.05) is 23.7 Å². The molecule has 0 unspecified atom stereocenters. The van der Waals surface area contributed by atoms with Gasteiger partial charge in [0.15, 0.2) is 0 Å². The number of carbonyl (C=O) groups excluding carboxylic acids is 1. The van der Waals surface area contributed by atoms with E-state index in [0.717, 1.165) is 5.56 Å². The van der Waals surface area contributed by atoms with E-state index in [1.807, 2.05) is 24.3 Å². The second kappa shape index (κ2) is 7.25. The maximum absolute atomic E-state index is 11.0. The van der Waals surface area contributed by atoms with Crippen LogP contribution in [-0.2, 0) is 20.9 Å². The molecule has 1 aromatic carbocycles. The van der Waals surface area contributed by atoms with Gasteiger partial charge in [-0.2, -0.15) is 0 Å². The third kappa shape index (κ3) is 5.14. The maximum Gasteiger partial charge on any atom is 0.308 e. The molecule has 0 aliphatic carbocycles. The Balaban J connectivity index is 2.18. The van der Waals surface area contributed by atoms with Crippen LogP contribution in [-0.4, -0.2) is 19.2 Å². The lowest BCUT2D eigenvalue weighted by atomic mass is 10.2. The van der Waals surface area contributed by atoms with E-state index in [0.29, 0.717) is 24.8 Å². The Kier molecular flexibility index (Phi) is 5.90. The van der Waals surface area contributed by atoms with Gasteiger partial charge in [0.1, 0.15) is 0 Å². The highest BCUT2D eigenvalue weighted by molar-refractivity contribution is 6.30. The van der Waals surface area contributed by atoms with Crippen molar-refractivity contribution in [1.82, 2.24) is 0 Å². The van der Waals surface area contributed by atoms with Crippen LogP contribution in [0.2, 0.25) is 5.02 Å². The predicted molar refractivity (Wildman–Crippen MR) is 62.4 cm³/mol. The molecule has 0 aliphatic heterocycles. The second-order valence-electron chi connectivity index (χ2n) is 3.24. The number of ether oxygens (including phenoxy) is 2. The van der Waals surface area contributed by atoms with E-state index in [2.05, 4.69) is 0 Å². The van der Waals surface area contributed by atoms with Gasteiger partial charge in [0.25, 0.3) is 0 Å². The van der Waals surface area contributed by atoms with Crippen LogP contribution in [0.25, 0.3) is 0 Å². The van der Waals surface area contributed by atoms with E-state index >= 15 is 0 Å². The zero-order valence-electron chi connectivity index (χ0n) is 9.24. The first-order valence-corrected chi connectivity index (χ1v) is 5.58. The van der Waals surface area contributed by atoms with Gasteiger partial charge in [-0.3, -0.25) is 4.79 Å². The lowest BCUT2D eigenvalue weighted by Gasteiger charge is -2.04. The molecule has 88 valence electrons. The van der Waals surface area contributed by atoms with Crippen molar-refractivity contribution < 1.29 is 14.3 Å². The van der Waals surface area contributed by atoms with E-state index in [-0.39, 0.29) is 12.4 Å². The Morgan fingerprint density at radius 2 is 2.25 bits per heavy atom. The number of benzene rings is 1. The number of esters is 1. The van der Waals surface area contributed by atoms with E-state index < -0.39 is 0 Å². The van der Waals surface area contributed by atoms with Crippen molar-refractivity contribution in [2.45, 2.75) is 20.0 Å². The molecule has 0 fully saturated rings. The molecule has 1 rings (SSSR count). The second-order valence-corrected chi connectivity index (χ2v) is 3.67. The number of halogens is 1. The average molecular weight is 243 g/mol. The van der Waals surface area contributed by atoms with Crippen molar-refractivity contribution in [2.75, 3.05) is 13.2 Å². The summed E-state index contributed by atoms with van der Waals surface area (Å²) in [4.78, 5) is 11.0. The summed E-state index contributed by atoms with van der Waals surface area (Å²) < 4.78 is 10.1. The fraction of sp³-hybridized carbons (Fsp3) is 0.417. The number of hydrogen-bond donors (Lipinski definition) is 0. The van der Waals surface area contributed by atoms with Crippen molar-refractivity contribution in [3.63, 3.8) is 0 Å². The van der Waals surface area contributed by atoms with Crippen molar-refractivity contribution in [3.05, 3.63) is 34.9 Å². The first-order valence-electron chi connectivity index (χ1n) is 5.20. The molecular formula is C12H15ClO3. The Labute approximate surface area is 100 Å². The SMILES string of the molecule is CCOC(=O)CCOCc1cccc(Cl)c1. The highest BCUT2D eigenvalue weighted by Crippen LogP contribution is 2.11. The summed E-state index contributed by atoms with van der Waals surface area (Å²) in [5.74, 6) is -0.228. The standard InChI is InChI=1S/C12H15ClO3/c1-2-16-12(14)6-7-15-9-10-4-3-5-11(13)8-10/h3-5,8H,2,6-7,9H2,1H3. The molecule has 0 spiro atoms. The molecule has 4 heteroatoms. The highest BCUT2D eigenvalue weighted by Gasteiger charge is 2.01. The minimum atomic E-state index is -0.228. The topological polar surface area (TPSA) is 35.5 Å². The van der Waals surface area contributed by atoms with Crippen molar-refractivity contribution in [2.24, 2.45) is 0 Å². The summed E-state index contributed by atoms with van der Waals surface area (Å²) in [7, 11) is 0. The third-order valence-corrected chi connectivity index (χ3v) is 2.15. The molecule has 0 atom stereocenters. The van der Waals surface area contributed by atoms with Crippen LogP contribution in [0.15, 0.2) is 24.3 Å². The summed E-state index contributed by atoms with van der Waals surface area (Å²) in [6.45, 7) is 3.02. The molecule has 0 heterocycles. The summed E-state index contributed by atoms with van der Waals surface area (Å²) >= 11 is 5.82. The van der Waals surface area contributed by atoms with Crippen molar-refractivity contribution in [3.8, 4) is 0 Å². The molecule has 0 saturated carbocycles. The van der Waals surface area contributed by atoms with Crippen LogP contribution in [0.5, 0.6) is 0 Å². The van der Waals surface area contributed by atoms with Crippen molar-refractivity contribution in [1.29, 1.82) is 0 Å². The fourth-order valence-electron chi connectivity index (χ4n) is 1.21. The molecular weight excluding hydrogens is 228 g/mol. The van der Waals surface area contributed by atoms with E-state index in [9.17, 15) is 4.79 Å². The van der Waals surface area contributed by atoms with E-state index in [4.69, 9.17) is 21.1 Å². The van der Waals surface area contributed by atoms with Crippen LogP contribution in [0, 0.1) is 0 Å². The van der Waals surface area contributed by atoms with Crippen LogP contribution in [0.3, 0.4) is 0 Å². The van der Waals surface area contributed by atoms with Gasteiger partial charge >= 0.3 is 5.97 Å². The van der Waals surface area contributed by atoms with Crippen LogP contribution < -0.4 is 0 Å². The summed E-state index contributed by atoms with van der Waals surface area (Å²) in [5.41, 5.74) is 0.997. The maximum atomic E-state index is 11.0. The zero-order chi connectivity index (χ0) is 11.8. The van der Waals surface area contributed by atoms with Gasteiger partial charge in [0.2, 0.25) is 0 Å². The molecule has 16 heavy (non-hydrogen) atoms. The van der Waals surface area contributed by atoms with Gasteiger partial charge in [-0.05, 0) is 24.6 Å². The monoisotopic (exact) mass is 242 g/mol. The molecule has 0 amide bonds.